The van der Waals surface area contributed by atoms with Gasteiger partial charge in [0.15, 0.2) is 6.10 Å². The van der Waals surface area contributed by atoms with Gasteiger partial charge in [-0.05, 0) is 17.7 Å². The summed E-state index contributed by atoms with van der Waals surface area (Å²) in [5.74, 6) is -0.835. The van der Waals surface area contributed by atoms with Crippen molar-refractivity contribution < 1.29 is 36.2 Å². The fourth-order valence-electron chi connectivity index (χ4n) is 1.39. The molecule has 0 aromatic heterocycles. The molecule has 118 valence electrons. The molecule has 1 atom stereocenters. The number of nitrogens with one attached hydrogen (secondary N) is 1. The van der Waals surface area contributed by atoms with Crippen LogP contribution in [0.15, 0.2) is 24.3 Å². The number of alkyl halides is 6. The van der Waals surface area contributed by atoms with E-state index in [4.69, 9.17) is 5.11 Å². The molecule has 1 rings (SSSR count). The van der Waals surface area contributed by atoms with Crippen LogP contribution in [0.5, 0.6) is 0 Å². The van der Waals surface area contributed by atoms with Crippen LogP contribution in [-0.2, 0) is 17.4 Å². The maximum Gasteiger partial charge on any atom is 0.416 e. The zero-order valence-corrected chi connectivity index (χ0v) is 10.4. The molecule has 0 spiro atoms. The topological polar surface area (TPSA) is 49.3 Å². The molecule has 0 heterocycles. The monoisotopic (exact) mass is 315 g/mol. The summed E-state index contributed by atoms with van der Waals surface area (Å²) in [5, 5.41) is 10.5. The second kappa shape index (κ2) is 6.33. The van der Waals surface area contributed by atoms with Crippen LogP contribution in [0.2, 0.25) is 0 Å². The van der Waals surface area contributed by atoms with Gasteiger partial charge >= 0.3 is 12.4 Å². The van der Waals surface area contributed by atoms with Crippen molar-refractivity contribution in [3.63, 3.8) is 0 Å². The van der Waals surface area contributed by atoms with Gasteiger partial charge in [-0.3, -0.25) is 4.79 Å². The van der Waals surface area contributed by atoms with Gasteiger partial charge in [-0.15, -0.1) is 0 Å². The van der Waals surface area contributed by atoms with Crippen molar-refractivity contribution in [1.29, 1.82) is 0 Å². The Morgan fingerprint density at radius 1 is 1.10 bits per heavy atom. The number of hydrogen-bond acceptors (Lipinski definition) is 2. The van der Waals surface area contributed by atoms with E-state index in [0.29, 0.717) is 0 Å². The van der Waals surface area contributed by atoms with E-state index in [9.17, 15) is 31.1 Å². The predicted octanol–water partition coefficient (Wildman–Crippen LogP) is 2.29. The molecule has 1 amide bonds. The Morgan fingerprint density at radius 2 is 1.62 bits per heavy atom. The number of halogens is 6. The first-order valence-electron chi connectivity index (χ1n) is 5.68. The van der Waals surface area contributed by atoms with Crippen LogP contribution in [0.1, 0.15) is 11.1 Å². The second-order valence-electron chi connectivity index (χ2n) is 4.23. The molecule has 0 aliphatic carbocycles. The van der Waals surface area contributed by atoms with Crippen LogP contribution in [-0.4, -0.2) is 29.8 Å². The van der Waals surface area contributed by atoms with Crippen molar-refractivity contribution >= 4 is 5.91 Å². The van der Waals surface area contributed by atoms with Crippen molar-refractivity contribution in [2.24, 2.45) is 0 Å². The van der Waals surface area contributed by atoms with Crippen LogP contribution in [0.25, 0.3) is 0 Å². The molecule has 0 saturated carbocycles. The average Bonchev–Trinajstić information content (AvgIpc) is 2.34. The zero-order valence-electron chi connectivity index (χ0n) is 10.4. The van der Waals surface area contributed by atoms with E-state index >= 15 is 0 Å². The Bertz CT molecular complexity index is 480. The van der Waals surface area contributed by atoms with Gasteiger partial charge in [-0.2, -0.15) is 26.3 Å². The Labute approximate surface area is 115 Å². The number of hydrogen-bond donors (Lipinski definition) is 2. The van der Waals surface area contributed by atoms with Gasteiger partial charge in [0.1, 0.15) is 0 Å². The number of rotatable bonds is 4. The Hall–Kier alpha value is -1.77. The first-order chi connectivity index (χ1) is 9.50. The maximum atomic E-state index is 12.3. The van der Waals surface area contributed by atoms with Crippen LogP contribution in [0.3, 0.4) is 0 Å². The Morgan fingerprint density at radius 3 is 2.05 bits per heavy atom. The first kappa shape index (κ1) is 17.3. The lowest BCUT2D eigenvalue weighted by atomic mass is 10.1. The van der Waals surface area contributed by atoms with Crippen LogP contribution >= 0.6 is 0 Å². The molecular weight excluding hydrogens is 304 g/mol. The highest BCUT2D eigenvalue weighted by Crippen LogP contribution is 2.29. The minimum absolute atomic E-state index is 0.210. The number of benzene rings is 1. The standard InChI is InChI=1S/C12H11F6NO2/c13-11(14,15)8-3-1-7(2-4-8)5-10(21)19-6-9(20)12(16,17)18/h1-4,9,20H,5-6H2,(H,19,21). The van der Waals surface area contributed by atoms with Gasteiger partial charge in [0, 0.05) is 0 Å². The number of amides is 1. The van der Waals surface area contributed by atoms with E-state index in [0.717, 1.165) is 24.3 Å². The molecular formula is C12H11F6NO2. The molecule has 1 aromatic carbocycles. The van der Waals surface area contributed by atoms with Crippen LogP contribution < -0.4 is 5.32 Å². The summed E-state index contributed by atoms with van der Waals surface area (Å²) >= 11 is 0. The van der Waals surface area contributed by atoms with Crippen molar-refractivity contribution in [3.8, 4) is 0 Å². The van der Waals surface area contributed by atoms with Gasteiger partial charge in [-0.1, -0.05) is 12.1 Å². The number of carbonyl (C=O) groups is 1. The molecule has 0 aliphatic rings. The van der Waals surface area contributed by atoms with E-state index in [2.05, 4.69) is 0 Å². The van der Waals surface area contributed by atoms with Crippen LogP contribution in [0, 0.1) is 0 Å². The van der Waals surface area contributed by atoms with Crippen molar-refractivity contribution in [3.05, 3.63) is 35.4 Å². The maximum absolute atomic E-state index is 12.3. The quantitative estimate of drug-likeness (QED) is 0.838. The predicted molar refractivity (Wildman–Crippen MR) is 60.2 cm³/mol. The lowest BCUT2D eigenvalue weighted by molar-refractivity contribution is -0.201. The minimum atomic E-state index is -4.85. The molecule has 9 heteroatoms. The summed E-state index contributed by atoms with van der Waals surface area (Å²) < 4.78 is 72.8. The molecule has 0 fully saturated rings. The molecule has 1 aromatic rings. The molecule has 1 unspecified atom stereocenters. The Balaban J connectivity index is 2.52. The SMILES string of the molecule is O=C(Cc1ccc(C(F)(F)F)cc1)NCC(O)C(F)(F)F. The van der Waals surface area contributed by atoms with Gasteiger partial charge in [0.2, 0.25) is 5.91 Å². The molecule has 0 saturated heterocycles. The van der Waals surface area contributed by atoms with Gasteiger partial charge in [0.25, 0.3) is 0 Å². The largest absolute Gasteiger partial charge is 0.416 e. The first-order valence-corrected chi connectivity index (χ1v) is 5.68. The second-order valence-corrected chi connectivity index (χ2v) is 4.23. The van der Waals surface area contributed by atoms with Gasteiger partial charge in [-0.25, -0.2) is 0 Å². The fourth-order valence-corrected chi connectivity index (χ4v) is 1.39. The summed E-state index contributed by atoms with van der Waals surface area (Å²) in [7, 11) is 0. The van der Waals surface area contributed by atoms with E-state index in [-0.39, 0.29) is 12.0 Å². The molecule has 0 bridgehead atoms. The Kier molecular flexibility index (Phi) is 5.21. The summed E-state index contributed by atoms with van der Waals surface area (Å²) in [6, 6.07) is 3.66. The van der Waals surface area contributed by atoms with Crippen LogP contribution in [0.4, 0.5) is 26.3 Å². The third-order valence-electron chi connectivity index (χ3n) is 2.52. The highest BCUT2D eigenvalue weighted by atomic mass is 19.4. The van der Waals surface area contributed by atoms with Crippen molar-refractivity contribution in [2.45, 2.75) is 24.9 Å². The van der Waals surface area contributed by atoms with Gasteiger partial charge in [0.05, 0.1) is 18.5 Å². The number of aliphatic hydroxyl groups is 1. The molecule has 0 aliphatic heterocycles. The van der Waals surface area contributed by atoms with E-state index in [1.165, 1.54) is 0 Å². The number of carbonyl (C=O) groups excluding carboxylic acids is 1. The van der Waals surface area contributed by atoms with Gasteiger partial charge < -0.3 is 10.4 Å². The smallest absolute Gasteiger partial charge is 0.382 e. The highest BCUT2D eigenvalue weighted by Gasteiger charge is 2.38. The molecule has 0 radical (unpaired) electrons. The molecule has 2 N–H and O–H groups in total. The fraction of sp³-hybridized carbons (Fsp3) is 0.417. The highest BCUT2D eigenvalue weighted by molar-refractivity contribution is 5.78. The summed E-state index contributed by atoms with van der Waals surface area (Å²) in [4.78, 5) is 11.3. The average molecular weight is 315 g/mol. The van der Waals surface area contributed by atoms with E-state index in [1.807, 2.05) is 5.32 Å². The lowest BCUT2D eigenvalue weighted by Crippen LogP contribution is -2.41. The van der Waals surface area contributed by atoms with Crippen molar-refractivity contribution in [2.75, 3.05) is 6.54 Å². The zero-order chi connectivity index (χ0) is 16.3. The molecule has 3 nitrogen and oxygen atoms in total. The normalized spacial score (nSPS) is 13.9. The third-order valence-corrected chi connectivity index (χ3v) is 2.52. The van der Waals surface area contributed by atoms with E-state index in [1.54, 1.807) is 0 Å². The van der Waals surface area contributed by atoms with Crippen molar-refractivity contribution in [1.82, 2.24) is 5.32 Å². The summed E-state index contributed by atoms with van der Waals surface area (Å²) in [6.45, 7) is -1.01. The third kappa shape index (κ3) is 5.62. The minimum Gasteiger partial charge on any atom is -0.382 e. The van der Waals surface area contributed by atoms with E-state index < -0.39 is 36.5 Å². The number of aliphatic hydroxyl groups excluding tert-OH is 1. The summed E-state index contributed by atoms with van der Waals surface area (Å²) in [6.07, 6.45) is -12.4. The summed E-state index contributed by atoms with van der Waals surface area (Å²) in [5.41, 5.74) is -0.679. The lowest BCUT2D eigenvalue weighted by Gasteiger charge is -2.15. The molecule has 21 heavy (non-hydrogen) atoms.